The Morgan fingerprint density at radius 3 is 2.83 bits per heavy atom. The maximum absolute atomic E-state index is 10.4. The Kier molecular flexibility index (Phi) is 2.34. The van der Waals surface area contributed by atoms with Crippen molar-refractivity contribution in [2.24, 2.45) is 18.5 Å². The summed E-state index contributed by atoms with van der Waals surface area (Å²) in [5.41, 5.74) is 10.5. The topological polar surface area (TPSA) is 113 Å². The third kappa shape index (κ3) is 1.99. The number of hydrogen-bond donors (Lipinski definition) is 2. The van der Waals surface area contributed by atoms with Crippen LogP contribution in [-0.2, 0) is 11.8 Å². The molecule has 4 N–H and O–H groups in total. The zero-order valence-corrected chi connectivity index (χ0v) is 6.64. The molecule has 66 valence electrons. The van der Waals surface area contributed by atoms with Crippen LogP contribution in [0.1, 0.15) is 18.3 Å². The number of nitrogens with two attached hydrogens (primary N) is 2. The number of aryl methyl sites for hydroxylation is 1. The van der Waals surface area contributed by atoms with E-state index in [-0.39, 0.29) is 6.42 Å². The van der Waals surface area contributed by atoms with Crippen molar-refractivity contribution in [3.05, 3.63) is 5.82 Å². The zero-order chi connectivity index (χ0) is 9.14. The Labute approximate surface area is 68.7 Å². The summed E-state index contributed by atoms with van der Waals surface area (Å²) in [4.78, 5) is 11.7. The summed E-state index contributed by atoms with van der Waals surface area (Å²) in [7, 11) is 1.62. The van der Waals surface area contributed by atoms with Gasteiger partial charge in [-0.05, 0) is 5.21 Å². The molecule has 0 saturated heterocycles. The van der Waals surface area contributed by atoms with Gasteiger partial charge in [0.1, 0.15) is 0 Å². The highest BCUT2D eigenvalue weighted by molar-refractivity contribution is 5.74. The highest BCUT2D eigenvalue weighted by Crippen LogP contribution is 2.05. The third-order valence-corrected chi connectivity index (χ3v) is 1.28. The van der Waals surface area contributed by atoms with Crippen molar-refractivity contribution in [2.45, 2.75) is 12.5 Å². The van der Waals surface area contributed by atoms with Gasteiger partial charge in [-0.15, -0.1) is 10.2 Å². The fourth-order valence-corrected chi connectivity index (χ4v) is 0.755. The molecule has 1 atom stereocenters. The average Bonchev–Trinajstić information content (AvgIpc) is 2.34. The van der Waals surface area contributed by atoms with Crippen molar-refractivity contribution in [1.82, 2.24) is 20.2 Å². The molecule has 0 aliphatic rings. The van der Waals surface area contributed by atoms with Crippen LogP contribution in [-0.4, -0.2) is 26.1 Å². The smallest absolute Gasteiger partial charge is 0.219 e. The van der Waals surface area contributed by atoms with Crippen LogP contribution >= 0.6 is 0 Å². The van der Waals surface area contributed by atoms with Crippen LogP contribution in [0.5, 0.6) is 0 Å². The minimum Gasteiger partial charge on any atom is -0.370 e. The van der Waals surface area contributed by atoms with E-state index in [1.807, 2.05) is 0 Å². The summed E-state index contributed by atoms with van der Waals surface area (Å²) >= 11 is 0. The predicted molar refractivity (Wildman–Crippen MR) is 39.5 cm³/mol. The first-order valence-electron chi connectivity index (χ1n) is 3.37. The summed E-state index contributed by atoms with van der Waals surface area (Å²) in [6.45, 7) is 0. The quantitative estimate of drug-likeness (QED) is 0.549. The van der Waals surface area contributed by atoms with E-state index >= 15 is 0 Å². The van der Waals surface area contributed by atoms with E-state index < -0.39 is 11.9 Å². The Hall–Kier alpha value is -1.50. The first-order chi connectivity index (χ1) is 5.59. The first kappa shape index (κ1) is 8.60. The zero-order valence-electron chi connectivity index (χ0n) is 6.64. The molecule has 0 unspecified atom stereocenters. The minimum atomic E-state index is -0.559. The molecule has 1 aromatic heterocycles. The SMILES string of the molecule is Cn1nnc([C@@H](N)CC(N)=O)n1. The monoisotopic (exact) mass is 170 g/mol. The predicted octanol–water partition coefficient (Wildman–Crippen LogP) is -1.91. The maximum Gasteiger partial charge on any atom is 0.219 e. The van der Waals surface area contributed by atoms with Gasteiger partial charge in [-0.2, -0.15) is 4.80 Å². The Morgan fingerprint density at radius 2 is 2.42 bits per heavy atom. The molecule has 12 heavy (non-hydrogen) atoms. The average molecular weight is 170 g/mol. The van der Waals surface area contributed by atoms with E-state index in [4.69, 9.17) is 11.5 Å². The summed E-state index contributed by atoms with van der Waals surface area (Å²) < 4.78 is 0. The minimum absolute atomic E-state index is 0.0334. The number of carbonyl (C=O) groups is 1. The van der Waals surface area contributed by atoms with Gasteiger partial charge in [-0.1, -0.05) is 0 Å². The molecule has 0 aromatic carbocycles. The van der Waals surface area contributed by atoms with Gasteiger partial charge in [0, 0.05) is 6.42 Å². The Bertz CT molecular complexity index is 281. The number of amides is 1. The number of nitrogens with zero attached hydrogens (tertiary/aromatic N) is 4. The molecule has 0 aliphatic heterocycles. The van der Waals surface area contributed by atoms with Crippen LogP contribution in [0.4, 0.5) is 0 Å². The van der Waals surface area contributed by atoms with Gasteiger partial charge in [-0.25, -0.2) is 0 Å². The summed E-state index contributed by atoms with van der Waals surface area (Å²) in [6, 6.07) is -0.559. The molecule has 7 nitrogen and oxygen atoms in total. The van der Waals surface area contributed by atoms with Crippen molar-refractivity contribution in [3.63, 3.8) is 0 Å². The number of aromatic nitrogens is 4. The fraction of sp³-hybridized carbons (Fsp3) is 0.600. The van der Waals surface area contributed by atoms with Gasteiger partial charge in [0.15, 0.2) is 5.82 Å². The van der Waals surface area contributed by atoms with Crippen LogP contribution in [0.3, 0.4) is 0 Å². The first-order valence-corrected chi connectivity index (χ1v) is 3.37. The van der Waals surface area contributed by atoms with E-state index in [0.29, 0.717) is 5.82 Å². The lowest BCUT2D eigenvalue weighted by Crippen LogP contribution is -2.21. The van der Waals surface area contributed by atoms with E-state index in [1.165, 1.54) is 4.80 Å². The summed E-state index contributed by atoms with van der Waals surface area (Å²) in [5, 5.41) is 11.0. The maximum atomic E-state index is 10.4. The van der Waals surface area contributed by atoms with Gasteiger partial charge in [0.2, 0.25) is 5.91 Å². The molecule has 0 bridgehead atoms. The lowest BCUT2D eigenvalue weighted by Gasteiger charge is -2.01. The number of primary amides is 1. The summed E-state index contributed by atoms with van der Waals surface area (Å²) in [5.74, 6) is -0.147. The van der Waals surface area contributed by atoms with Crippen LogP contribution < -0.4 is 11.5 Å². The van der Waals surface area contributed by atoms with Gasteiger partial charge >= 0.3 is 0 Å². The van der Waals surface area contributed by atoms with Crippen molar-refractivity contribution >= 4 is 5.91 Å². The van der Waals surface area contributed by atoms with Crippen LogP contribution in [0.2, 0.25) is 0 Å². The largest absolute Gasteiger partial charge is 0.370 e. The molecule has 1 rings (SSSR count). The molecule has 0 saturated carbocycles. The van der Waals surface area contributed by atoms with Crippen LogP contribution in [0, 0.1) is 0 Å². The lowest BCUT2D eigenvalue weighted by molar-refractivity contribution is -0.118. The third-order valence-electron chi connectivity index (χ3n) is 1.28. The normalized spacial score (nSPS) is 12.8. The van der Waals surface area contributed by atoms with Crippen molar-refractivity contribution in [1.29, 1.82) is 0 Å². The Morgan fingerprint density at radius 1 is 1.75 bits per heavy atom. The van der Waals surface area contributed by atoms with E-state index in [9.17, 15) is 4.79 Å². The van der Waals surface area contributed by atoms with E-state index in [1.54, 1.807) is 7.05 Å². The molecular weight excluding hydrogens is 160 g/mol. The number of tetrazole rings is 1. The molecular formula is C5H10N6O. The second-order valence-corrected chi connectivity index (χ2v) is 2.41. The molecule has 0 radical (unpaired) electrons. The highest BCUT2D eigenvalue weighted by Gasteiger charge is 2.13. The highest BCUT2D eigenvalue weighted by atomic mass is 16.1. The summed E-state index contributed by atoms with van der Waals surface area (Å²) in [6.07, 6.45) is 0.0334. The number of rotatable bonds is 3. The number of carbonyl (C=O) groups excluding carboxylic acids is 1. The van der Waals surface area contributed by atoms with E-state index in [2.05, 4.69) is 15.4 Å². The molecule has 1 amide bonds. The van der Waals surface area contributed by atoms with E-state index in [0.717, 1.165) is 0 Å². The lowest BCUT2D eigenvalue weighted by atomic mass is 10.2. The molecule has 1 aromatic rings. The van der Waals surface area contributed by atoms with Crippen molar-refractivity contribution < 1.29 is 4.79 Å². The molecule has 0 spiro atoms. The molecule has 7 heteroatoms. The van der Waals surface area contributed by atoms with Gasteiger partial charge < -0.3 is 11.5 Å². The van der Waals surface area contributed by atoms with Gasteiger partial charge in [-0.3, -0.25) is 4.79 Å². The van der Waals surface area contributed by atoms with Crippen molar-refractivity contribution in [2.75, 3.05) is 0 Å². The molecule has 1 heterocycles. The van der Waals surface area contributed by atoms with Crippen molar-refractivity contribution in [3.8, 4) is 0 Å². The standard InChI is InChI=1S/C5H10N6O/c1-11-9-5(8-10-11)3(6)2-4(7)12/h3H,2,6H2,1H3,(H2,7,12)/t3-/m0/s1. The van der Waals surface area contributed by atoms with Gasteiger partial charge in [0.05, 0.1) is 13.1 Å². The van der Waals surface area contributed by atoms with Crippen LogP contribution in [0.15, 0.2) is 0 Å². The number of hydrogen-bond acceptors (Lipinski definition) is 5. The second kappa shape index (κ2) is 3.26. The molecule has 0 fully saturated rings. The molecule has 0 aliphatic carbocycles. The Balaban J connectivity index is 2.64. The second-order valence-electron chi connectivity index (χ2n) is 2.41. The van der Waals surface area contributed by atoms with Gasteiger partial charge in [0.25, 0.3) is 0 Å². The fourth-order valence-electron chi connectivity index (χ4n) is 0.755. The van der Waals surface area contributed by atoms with Crippen LogP contribution in [0.25, 0.3) is 0 Å².